The molecule has 0 amide bonds. The summed E-state index contributed by atoms with van der Waals surface area (Å²) in [7, 11) is 3.17. The maximum absolute atomic E-state index is 13.2. The van der Waals surface area contributed by atoms with Gasteiger partial charge in [-0.1, -0.05) is 0 Å². The fourth-order valence-electron chi connectivity index (χ4n) is 4.22. The normalized spacial score (nSPS) is 16.1. The maximum Gasteiger partial charge on any atom is 0.231 e. The van der Waals surface area contributed by atoms with E-state index in [0.29, 0.717) is 36.1 Å². The number of Topliss-reactive ketones (excluding diaryl/α,β-unsaturated/α-hetero) is 1. The number of ether oxygens (including phenoxy) is 4. The molecular formula is C26H24N2O5. The third-order valence-corrected chi connectivity index (χ3v) is 5.88. The van der Waals surface area contributed by atoms with Gasteiger partial charge >= 0.3 is 0 Å². The zero-order chi connectivity index (χ0) is 22.9. The molecule has 0 unspecified atom stereocenters. The zero-order valence-electron chi connectivity index (χ0n) is 18.8. The van der Waals surface area contributed by atoms with Gasteiger partial charge in [-0.15, -0.1) is 0 Å². The number of methoxy groups -OCH3 is 2. The minimum atomic E-state index is -0.153. The van der Waals surface area contributed by atoms with Gasteiger partial charge in [-0.3, -0.25) is 14.7 Å². The lowest BCUT2D eigenvalue weighted by atomic mass is 9.99. The molecule has 0 bridgehead atoms. The molecule has 3 aromatic rings. The fourth-order valence-corrected chi connectivity index (χ4v) is 4.22. The highest BCUT2D eigenvalue weighted by atomic mass is 16.5. The van der Waals surface area contributed by atoms with Gasteiger partial charge < -0.3 is 18.9 Å². The molecule has 5 rings (SSSR count). The second kappa shape index (κ2) is 8.60. The third kappa shape index (κ3) is 3.91. The van der Waals surface area contributed by atoms with Crippen molar-refractivity contribution in [2.24, 2.45) is 0 Å². The van der Waals surface area contributed by atoms with Crippen LogP contribution in [0.15, 0.2) is 54.6 Å². The lowest BCUT2D eigenvalue weighted by molar-refractivity contribution is 0.0876. The van der Waals surface area contributed by atoms with Crippen molar-refractivity contribution in [1.29, 1.82) is 0 Å². The van der Waals surface area contributed by atoms with E-state index in [2.05, 4.69) is 9.88 Å². The van der Waals surface area contributed by atoms with Crippen LogP contribution >= 0.6 is 0 Å². The Bertz CT molecular complexity index is 1250. The van der Waals surface area contributed by atoms with Gasteiger partial charge in [0.25, 0.3) is 0 Å². The molecule has 2 aliphatic heterocycles. The van der Waals surface area contributed by atoms with Crippen molar-refractivity contribution >= 4 is 11.9 Å². The summed E-state index contributed by atoms with van der Waals surface area (Å²) in [5.41, 5.74) is 4.26. The molecule has 0 radical (unpaired) electrons. The second-order valence-electron chi connectivity index (χ2n) is 8.03. The van der Waals surface area contributed by atoms with Crippen LogP contribution in [0.4, 0.5) is 0 Å². The van der Waals surface area contributed by atoms with Crippen molar-refractivity contribution in [2.75, 3.05) is 21.0 Å². The molecule has 2 aromatic carbocycles. The summed E-state index contributed by atoms with van der Waals surface area (Å²) in [4.78, 5) is 19.5. The molecule has 0 aliphatic carbocycles. The summed E-state index contributed by atoms with van der Waals surface area (Å²) in [6, 6.07) is 11.3. The van der Waals surface area contributed by atoms with Gasteiger partial charge in [0.05, 0.1) is 19.8 Å². The van der Waals surface area contributed by atoms with Crippen LogP contribution in [0.25, 0.3) is 6.08 Å². The predicted octanol–water partition coefficient (Wildman–Crippen LogP) is 4.38. The Kier molecular flexibility index (Phi) is 5.48. The van der Waals surface area contributed by atoms with Gasteiger partial charge in [0.2, 0.25) is 5.78 Å². The Morgan fingerprint density at radius 3 is 2.67 bits per heavy atom. The number of aromatic nitrogens is 1. The van der Waals surface area contributed by atoms with E-state index < -0.39 is 0 Å². The van der Waals surface area contributed by atoms with Crippen molar-refractivity contribution in [1.82, 2.24) is 9.88 Å². The number of pyridine rings is 1. The molecule has 33 heavy (non-hydrogen) atoms. The van der Waals surface area contributed by atoms with Gasteiger partial charge in [0.15, 0.2) is 5.76 Å². The number of fused-ring (bicyclic) bond motifs is 2. The smallest absolute Gasteiger partial charge is 0.231 e. The molecule has 168 valence electrons. The van der Waals surface area contributed by atoms with E-state index in [-0.39, 0.29) is 11.5 Å². The van der Waals surface area contributed by atoms with Gasteiger partial charge in [-0.05, 0) is 48.9 Å². The average Bonchev–Trinajstić information content (AvgIpc) is 3.15. The van der Waals surface area contributed by atoms with E-state index >= 15 is 0 Å². The highest BCUT2D eigenvalue weighted by molar-refractivity contribution is 6.15. The molecule has 0 fully saturated rings. The maximum atomic E-state index is 13.2. The Morgan fingerprint density at radius 2 is 1.91 bits per heavy atom. The van der Waals surface area contributed by atoms with Gasteiger partial charge in [-0.25, -0.2) is 0 Å². The highest BCUT2D eigenvalue weighted by Crippen LogP contribution is 2.43. The molecule has 0 atom stereocenters. The largest absolute Gasteiger partial charge is 0.497 e. The molecule has 0 spiro atoms. The molecule has 0 N–H and O–H groups in total. The van der Waals surface area contributed by atoms with Crippen LogP contribution in [-0.4, -0.2) is 36.6 Å². The van der Waals surface area contributed by atoms with E-state index in [1.165, 1.54) is 0 Å². The van der Waals surface area contributed by atoms with E-state index in [1.54, 1.807) is 38.8 Å². The Morgan fingerprint density at radius 1 is 1.09 bits per heavy atom. The predicted molar refractivity (Wildman–Crippen MR) is 123 cm³/mol. The number of nitrogens with zero attached hydrogens (tertiary/aromatic N) is 2. The van der Waals surface area contributed by atoms with E-state index in [4.69, 9.17) is 18.9 Å². The first-order valence-corrected chi connectivity index (χ1v) is 10.6. The van der Waals surface area contributed by atoms with Crippen LogP contribution in [0.1, 0.15) is 32.6 Å². The zero-order valence-corrected chi connectivity index (χ0v) is 18.8. The molecule has 7 nitrogen and oxygen atoms in total. The third-order valence-electron chi connectivity index (χ3n) is 5.88. The number of allylic oxidation sites excluding steroid dienone is 1. The molecule has 0 saturated carbocycles. The van der Waals surface area contributed by atoms with Crippen LogP contribution in [0.2, 0.25) is 0 Å². The summed E-state index contributed by atoms with van der Waals surface area (Å²) < 4.78 is 22.8. The summed E-state index contributed by atoms with van der Waals surface area (Å²) in [6.45, 7) is 3.82. The van der Waals surface area contributed by atoms with Crippen molar-refractivity contribution in [3.63, 3.8) is 0 Å². The first-order chi connectivity index (χ1) is 16.1. The van der Waals surface area contributed by atoms with Gasteiger partial charge in [0.1, 0.15) is 29.7 Å². The van der Waals surface area contributed by atoms with Crippen LogP contribution < -0.4 is 18.9 Å². The second-order valence-corrected chi connectivity index (χ2v) is 8.03. The quantitative estimate of drug-likeness (QED) is 0.541. The highest BCUT2D eigenvalue weighted by Gasteiger charge is 2.33. The Balaban J connectivity index is 1.43. The summed E-state index contributed by atoms with van der Waals surface area (Å²) in [5, 5.41) is 0. The molecular weight excluding hydrogens is 420 g/mol. The van der Waals surface area contributed by atoms with Crippen molar-refractivity contribution in [2.45, 2.75) is 20.0 Å². The Hall–Kier alpha value is -3.84. The number of ketones is 1. The van der Waals surface area contributed by atoms with Crippen LogP contribution in [0.5, 0.6) is 23.0 Å². The first-order valence-electron chi connectivity index (χ1n) is 10.6. The van der Waals surface area contributed by atoms with Gasteiger partial charge in [0, 0.05) is 48.2 Å². The van der Waals surface area contributed by atoms with Crippen molar-refractivity contribution in [3.8, 4) is 23.0 Å². The molecule has 0 saturated heterocycles. The van der Waals surface area contributed by atoms with Crippen molar-refractivity contribution < 1.29 is 23.7 Å². The number of carbonyl (C=O) groups excluding carboxylic acids is 1. The molecule has 1 aromatic heterocycles. The lowest BCUT2D eigenvalue weighted by Gasteiger charge is -2.30. The fraction of sp³-hybridized carbons (Fsp3) is 0.231. The monoisotopic (exact) mass is 444 g/mol. The molecule has 2 aliphatic rings. The minimum Gasteiger partial charge on any atom is -0.497 e. The SMILES string of the molecule is COc1ccc(/C=C2\Oc3c(cc4c(c3C)OCN(Cc3ccncc3)C4)C2=O)c(OC)c1. The summed E-state index contributed by atoms with van der Waals surface area (Å²) in [6.07, 6.45) is 5.27. The van der Waals surface area contributed by atoms with Crippen LogP contribution in [0, 0.1) is 6.92 Å². The van der Waals surface area contributed by atoms with E-state index in [0.717, 1.165) is 34.5 Å². The van der Waals surface area contributed by atoms with Crippen molar-refractivity contribution in [3.05, 3.63) is 82.4 Å². The number of carbonyl (C=O) groups is 1. The van der Waals surface area contributed by atoms with Crippen LogP contribution in [-0.2, 0) is 13.1 Å². The molecule has 7 heteroatoms. The minimum absolute atomic E-state index is 0.153. The topological polar surface area (TPSA) is 70.1 Å². The lowest BCUT2D eigenvalue weighted by Crippen LogP contribution is -2.32. The average molecular weight is 444 g/mol. The standard InChI is InChI=1S/C26H24N2O5/c1-16-25-19(14-28(15-32-25)13-17-6-8-27-9-7-17)10-21-24(29)23(33-26(16)21)11-18-4-5-20(30-2)12-22(18)31-3/h4-12H,13-15H2,1-3H3/b23-11-. The summed E-state index contributed by atoms with van der Waals surface area (Å²) >= 11 is 0. The number of hydrogen-bond acceptors (Lipinski definition) is 7. The summed E-state index contributed by atoms with van der Waals surface area (Å²) in [5.74, 6) is 2.72. The van der Waals surface area contributed by atoms with E-state index in [9.17, 15) is 4.79 Å². The number of rotatable bonds is 5. The van der Waals surface area contributed by atoms with Gasteiger partial charge in [-0.2, -0.15) is 0 Å². The number of hydrogen-bond donors (Lipinski definition) is 0. The van der Waals surface area contributed by atoms with Crippen LogP contribution in [0.3, 0.4) is 0 Å². The first kappa shape index (κ1) is 21.0. The Labute approximate surface area is 192 Å². The number of benzene rings is 2. The molecule has 3 heterocycles. The van der Waals surface area contributed by atoms with E-state index in [1.807, 2.05) is 37.3 Å².